The average Bonchev–Trinajstić information content (AvgIpc) is 3.32. The molecule has 0 unspecified atom stereocenters. The molecule has 5 N–H and O–H groups in total. The molecule has 1 saturated heterocycles. The fraction of sp³-hybridized carbons (Fsp3) is 0.655. The number of carbonyl (C=O) groups is 4. The number of anilines is 1. The van der Waals surface area contributed by atoms with E-state index in [1.54, 1.807) is 11.0 Å². The summed E-state index contributed by atoms with van der Waals surface area (Å²) in [6.45, 7) is 2.19. The van der Waals surface area contributed by atoms with Crippen LogP contribution in [-0.2, 0) is 39.4 Å². The van der Waals surface area contributed by atoms with Crippen LogP contribution in [-0.4, -0.2) is 105 Å². The van der Waals surface area contributed by atoms with Gasteiger partial charge in [-0.1, -0.05) is 50.8 Å². The summed E-state index contributed by atoms with van der Waals surface area (Å²) in [5, 5.41) is 18.9. The quantitative estimate of drug-likeness (QED) is 0.176. The lowest BCUT2D eigenvalue weighted by Gasteiger charge is -2.40. The Bertz CT molecular complexity index is 1320. The van der Waals surface area contributed by atoms with Crippen molar-refractivity contribution in [3.05, 3.63) is 29.8 Å². The molecule has 2 amide bonds. The summed E-state index contributed by atoms with van der Waals surface area (Å²) in [4.78, 5) is 48.6. The van der Waals surface area contributed by atoms with E-state index < -0.39 is 64.1 Å². The van der Waals surface area contributed by atoms with Crippen molar-refractivity contribution < 1.29 is 55.7 Å². The maximum Gasteiger partial charge on any atom is 0.490 e. The molecule has 2 atom stereocenters. The number of piperidine rings is 1. The van der Waals surface area contributed by atoms with Crippen LogP contribution in [0.3, 0.4) is 0 Å². The molecular weight excluding hydrogens is 637 g/mol. The van der Waals surface area contributed by atoms with Gasteiger partial charge in [-0.25, -0.2) is 13.2 Å². The second kappa shape index (κ2) is 16.9. The Morgan fingerprint density at radius 3 is 2.22 bits per heavy atom. The number of fused-ring (bicyclic) bond motifs is 2. The van der Waals surface area contributed by atoms with Gasteiger partial charge < -0.3 is 30.9 Å². The highest BCUT2D eigenvalue weighted by molar-refractivity contribution is 7.92. The molecule has 13 nitrogen and oxygen atoms in total. The predicted octanol–water partition coefficient (Wildman–Crippen LogP) is 1.67. The number of sulfonamides is 1. The summed E-state index contributed by atoms with van der Waals surface area (Å²) in [5.74, 6) is -4.32. The van der Waals surface area contributed by atoms with Crippen molar-refractivity contribution >= 4 is 39.5 Å². The number of aliphatic hydroxyl groups is 1. The van der Waals surface area contributed by atoms with Crippen LogP contribution in [0.25, 0.3) is 0 Å². The van der Waals surface area contributed by atoms with Crippen LogP contribution in [0.1, 0.15) is 63.9 Å². The van der Waals surface area contributed by atoms with E-state index in [4.69, 9.17) is 20.4 Å². The molecule has 1 aromatic carbocycles. The Balaban J connectivity index is 0.000000942. The highest BCUT2D eigenvalue weighted by Gasteiger charge is 2.48. The zero-order valence-electron chi connectivity index (χ0n) is 25.9. The number of amides is 2. The number of ether oxygens (including phenoxy) is 1. The Labute approximate surface area is 266 Å². The molecule has 0 saturated carbocycles. The van der Waals surface area contributed by atoms with Crippen molar-refractivity contribution in [3.8, 4) is 0 Å². The van der Waals surface area contributed by atoms with Gasteiger partial charge in [-0.05, 0) is 30.9 Å². The number of aliphatic carboxylic acids is 1. The van der Waals surface area contributed by atoms with E-state index in [-0.39, 0.29) is 13.0 Å². The lowest BCUT2D eigenvalue weighted by atomic mass is 9.74. The first-order valence-corrected chi connectivity index (χ1v) is 16.8. The van der Waals surface area contributed by atoms with Gasteiger partial charge in [0.15, 0.2) is 0 Å². The molecule has 3 rings (SSSR count). The molecule has 0 aliphatic carbocycles. The number of hydrogen-bond donors (Lipinski definition) is 4. The molecular formula is C29H43F3N4O9S. The fourth-order valence-electron chi connectivity index (χ4n) is 5.34. The summed E-state index contributed by atoms with van der Waals surface area (Å²) in [5.41, 5.74) is 6.83. The highest BCUT2D eigenvalue weighted by Crippen LogP contribution is 2.47. The summed E-state index contributed by atoms with van der Waals surface area (Å²) in [7, 11) is -3.46. The minimum Gasteiger partial charge on any atom is -0.475 e. The van der Waals surface area contributed by atoms with Crippen LogP contribution in [0.15, 0.2) is 24.3 Å². The number of hydrogen-bond acceptors (Lipinski definition) is 9. The van der Waals surface area contributed by atoms with E-state index in [0.717, 1.165) is 31.2 Å². The normalized spacial score (nSPS) is 16.9. The van der Waals surface area contributed by atoms with Gasteiger partial charge in [0, 0.05) is 31.5 Å². The third-order valence-corrected chi connectivity index (χ3v) is 9.04. The number of carboxylic acid groups (broad SMARTS) is 1. The number of nitrogens with zero attached hydrogens (tertiary/aromatic N) is 2. The standard InChI is InChI=1S/C27H42N4O7S.C2HF3O2/c1-3-4-5-6-7-12-24(33)38-18-22(29-25(34)21(28)17-32)26(35)30-15-13-27(14-16-30)19-31(39(2,36)37)23-11-9-8-10-20(23)27;3-2(4,5)1(6)7/h8-11,21-22,32H,3-7,12-19,28H2,1-2H3,(H,29,34);(H,6,7)/t21-,22+;/m0./s1. The molecule has 1 fully saturated rings. The Morgan fingerprint density at radius 1 is 1.09 bits per heavy atom. The maximum atomic E-state index is 13.5. The first kappa shape index (κ1) is 38.7. The molecule has 0 bridgehead atoms. The van der Waals surface area contributed by atoms with E-state index in [2.05, 4.69) is 12.2 Å². The lowest BCUT2D eigenvalue weighted by Crippen LogP contribution is -2.57. The minimum absolute atomic E-state index is 0.233. The first-order valence-electron chi connectivity index (χ1n) is 15.0. The van der Waals surface area contributed by atoms with Crippen LogP contribution >= 0.6 is 0 Å². The monoisotopic (exact) mass is 680 g/mol. The van der Waals surface area contributed by atoms with E-state index in [1.807, 2.05) is 18.2 Å². The van der Waals surface area contributed by atoms with Crippen LogP contribution in [0.5, 0.6) is 0 Å². The predicted molar refractivity (Wildman–Crippen MR) is 161 cm³/mol. The zero-order chi connectivity index (χ0) is 34.7. The Hall–Kier alpha value is -3.44. The van der Waals surface area contributed by atoms with Gasteiger partial charge in [-0.15, -0.1) is 0 Å². The number of rotatable bonds is 13. The average molecular weight is 681 g/mol. The number of alkyl halides is 3. The third kappa shape index (κ3) is 10.8. The van der Waals surface area contributed by atoms with Gasteiger partial charge in [-0.2, -0.15) is 13.2 Å². The minimum atomic E-state index is -5.08. The van der Waals surface area contributed by atoms with E-state index in [1.165, 1.54) is 10.6 Å². The molecule has 17 heteroatoms. The van der Waals surface area contributed by atoms with Gasteiger partial charge >= 0.3 is 18.1 Å². The summed E-state index contributed by atoms with van der Waals surface area (Å²) >= 11 is 0. The first-order chi connectivity index (χ1) is 21.5. The zero-order valence-corrected chi connectivity index (χ0v) is 26.7. The number of aliphatic hydroxyl groups excluding tert-OH is 1. The van der Waals surface area contributed by atoms with E-state index in [0.29, 0.717) is 44.6 Å². The number of para-hydroxylation sites is 1. The van der Waals surface area contributed by atoms with Crippen LogP contribution in [0, 0.1) is 0 Å². The molecule has 2 heterocycles. The second-order valence-electron chi connectivity index (χ2n) is 11.4. The van der Waals surface area contributed by atoms with Gasteiger partial charge in [0.1, 0.15) is 18.7 Å². The topological polar surface area (TPSA) is 197 Å². The molecule has 1 aromatic rings. The lowest BCUT2D eigenvalue weighted by molar-refractivity contribution is -0.192. The Morgan fingerprint density at radius 2 is 1.67 bits per heavy atom. The summed E-state index contributed by atoms with van der Waals surface area (Å²) in [6, 6.07) is 5.09. The SMILES string of the molecule is CCCCCCCC(=O)OC[C@@H](NC(=O)[C@@H](N)CO)C(=O)N1CCC2(CC1)CN(S(C)(=O)=O)c1ccccc12.O=C(O)C(F)(F)F. The van der Waals surface area contributed by atoms with Crippen molar-refractivity contribution in [3.63, 3.8) is 0 Å². The third-order valence-electron chi connectivity index (χ3n) is 7.91. The van der Waals surface area contributed by atoms with Crippen LogP contribution in [0.2, 0.25) is 0 Å². The molecule has 0 radical (unpaired) electrons. The molecule has 260 valence electrons. The van der Waals surface area contributed by atoms with E-state index >= 15 is 0 Å². The second-order valence-corrected chi connectivity index (χ2v) is 13.3. The van der Waals surface area contributed by atoms with Crippen molar-refractivity contribution in [1.29, 1.82) is 0 Å². The molecule has 46 heavy (non-hydrogen) atoms. The number of likely N-dealkylation sites (tertiary alicyclic amines) is 1. The number of nitrogens with one attached hydrogen (secondary N) is 1. The fourth-order valence-corrected chi connectivity index (χ4v) is 6.34. The highest BCUT2D eigenvalue weighted by atomic mass is 32.2. The number of nitrogens with two attached hydrogens (primary N) is 1. The Kier molecular flexibility index (Phi) is 14.3. The largest absolute Gasteiger partial charge is 0.490 e. The maximum absolute atomic E-state index is 13.5. The van der Waals surface area contributed by atoms with Crippen molar-refractivity contribution in [2.45, 2.75) is 82.0 Å². The number of esters is 1. The summed E-state index contributed by atoms with van der Waals surface area (Å²) < 4.78 is 63.4. The molecule has 2 aliphatic heterocycles. The smallest absolute Gasteiger partial charge is 0.475 e. The van der Waals surface area contributed by atoms with Crippen molar-refractivity contribution in [2.75, 3.05) is 43.4 Å². The van der Waals surface area contributed by atoms with Crippen LogP contribution < -0.4 is 15.4 Å². The van der Waals surface area contributed by atoms with Gasteiger partial charge in [0.25, 0.3) is 0 Å². The molecule has 1 spiro atoms. The molecule has 2 aliphatic rings. The number of carboxylic acids is 1. The van der Waals surface area contributed by atoms with Crippen molar-refractivity contribution in [2.24, 2.45) is 5.73 Å². The molecule has 0 aromatic heterocycles. The van der Waals surface area contributed by atoms with Gasteiger partial charge in [-0.3, -0.25) is 18.7 Å². The van der Waals surface area contributed by atoms with Crippen molar-refractivity contribution in [1.82, 2.24) is 10.2 Å². The van der Waals surface area contributed by atoms with E-state index in [9.17, 15) is 41.1 Å². The van der Waals surface area contributed by atoms with Gasteiger partial charge in [0.2, 0.25) is 21.8 Å². The van der Waals surface area contributed by atoms with Gasteiger partial charge in [0.05, 0.1) is 18.6 Å². The number of halogens is 3. The number of benzene rings is 1. The van der Waals surface area contributed by atoms with Crippen LogP contribution in [0.4, 0.5) is 18.9 Å². The number of carbonyl (C=O) groups excluding carboxylic acids is 3. The number of unbranched alkanes of at least 4 members (excludes halogenated alkanes) is 4. The summed E-state index contributed by atoms with van der Waals surface area (Å²) in [6.07, 6.45) is 2.29.